The Labute approximate surface area is 200 Å². The Balaban J connectivity index is 2.01. The minimum atomic E-state index is -1.28. The lowest BCUT2D eigenvalue weighted by Gasteiger charge is -2.30. The summed E-state index contributed by atoms with van der Waals surface area (Å²) in [5.41, 5.74) is 0.00692. The van der Waals surface area contributed by atoms with E-state index >= 15 is 0 Å². The molecule has 1 atom stereocenters. The van der Waals surface area contributed by atoms with Gasteiger partial charge in [-0.3, -0.25) is 0 Å². The molecule has 1 aliphatic rings. The van der Waals surface area contributed by atoms with E-state index in [1.807, 2.05) is 6.07 Å². The molecule has 2 aromatic rings. The van der Waals surface area contributed by atoms with Crippen LogP contribution in [-0.2, 0) is 14.3 Å². The summed E-state index contributed by atoms with van der Waals surface area (Å²) in [6.07, 6.45) is 2.03. The van der Waals surface area contributed by atoms with Crippen LogP contribution in [0.5, 0.6) is 5.88 Å². The van der Waals surface area contributed by atoms with Gasteiger partial charge in [0.25, 0.3) is 0 Å². The quantitative estimate of drug-likeness (QED) is 0.479. The van der Waals surface area contributed by atoms with Crippen molar-refractivity contribution in [3.63, 3.8) is 0 Å². The maximum atomic E-state index is 14.2. The van der Waals surface area contributed by atoms with E-state index in [2.05, 4.69) is 9.88 Å². The molecule has 0 bridgehead atoms. The Hall–Kier alpha value is -2.38. The van der Waals surface area contributed by atoms with Gasteiger partial charge in [-0.15, -0.1) is 0 Å². The number of benzene rings is 1. The molecule has 0 amide bonds. The fraction of sp³-hybridized carbons (Fsp3) is 0.520. The van der Waals surface area contributed by atoms with Crippen LogP contribution in [0.2, 0.25) is 5.02 Å². The highest BCUT2D eigenvalue weighted by Gasteiger charge is 2.36. The molecule has 1 fully saturated rings. The summed E-state index contributed by atoms with van der Waals surface area (Å²) in [6.45, 7) is 10.1. The first kappa shape index (κ1) is 25.2. The van der Waals surface area contributed by atoms with Gasteiger partial charge in [0.15, 0.2) is 0 Å². The number of hydrogen-bond donors (Lipinski definition) is 0. The summed E-state index contributed by atoms with van der Waals surface area (Å²) in [5.74, 6) is -0.784. The van der Waals surface area contributed by atoms with Gasteiger partial charge in [-0.25, -0.2) is 14.2 Å². The molecule has 180 valence electrons. The van der Waals surface area contributed by atoms with Crippen molar-refractivity contribution in [2.75, 3.05) is 25.2 Å². The molecular formula is C25H32ClFN2O4. The van der Waals surface area contributed by atoms with Crippen molar-refractivity contribution in [2.45, 2.75) is 64.7 Å². The van der Waals surface area contributed by atoms with E-state index in [-0.39, 0.29) is 16.9 Å². The third kappa shape index (κ3) is 6.36. The van der Waals surface area contributed by atoms with Gasteiger partial charge in [-0.2, -0.15) is 0 Å². The fourth-order valence-corrected chi connectivity index (χ4v) is 3.88. The van der Waals surface area contributed by atoms with Gasteiger partial charge in [0.05, 0.1) is 23.4 Å². The molecule has 8 heteroatoms. The molecule has 33 heavy (non-hydrogen) atoms. The molecule has 1 saturated heterocycles. The van der Waals surface area contributed by atoms with Gasteiger partial charge in [-0.05, 0) is 65.7 Å². The van der Waals surface area contributed by atoms with Crippen molar-refractivity contribution in [2.24, 2.45) is 0 Å². The summed E-state index contributed by atoms with van der Waals surface area (Å²) in [4.78, 5) is 19.5. The number of carbonyl (C=O) groups is 1. The highest BCUT2D eigenvalue weighted by molar-refractivity contribution is 6.30. The maximum absolute atomic E-state index is 14.2. The third-order valence-electron chi connectivity index (χ3n) is 5.32. The SMILES string of the molecule is COC[C@@H]1CCCN1c1cc(OC(C)(C)C(=O)OC(C)(C)C)nc(-c2ccc(Cl)c(F)c2)c1. The number of methoxy groups -OCH3 is 1. The summed E-state index contributed by atoms with van der Waals surface area (Å²) < 4.78 is 31.2. The second-order valence-electron chi connectivity index (χ2n) is 9.74. The van der Waals surface area contributed by atoms with Crippen molar-refractivity contribution in [1.29, 1.82) is 0 Å². The van der Waals surface area contributed by atoms with E-state index in [9.17, 15) is 9.18 Å². The molecular weight excluding hydrogens is 447 g/mol. The van der Waals surface area contributed by atoms with E-state index in [1.54, 1.807) is 53.9 Å². The second kappa shape index (κ2) is 9.85. The van der Waals surface area contributed by atoms with E-state index in [1.165, 1.54) is 12.1 Å². The average molecular weight is 479 g/mol. The lowest BCUT2D eigenvalue weighted by molar-refractivity contribution is -0.171. The van der Waals surface area contributed by atoms with Crippen LogP contribution in [0.4, 0.5) is 10.1 Å². The Morgan fingerprint density at radius 2 is 1.94 bits per heavy atom. The lowest BCUT2D eigenvalue weighted by Crippen LogP contribution is -2.43. The molecule has 1 aliphatic heterocycles. The maximum Gasteiger partial charge on any atom is 0.350 e. The minimum absolute atomic E-state index is 0.0390. The van der Waals surface area contributed by atoms with Gasteiger partial charge in [0.2, 0.25) is 11.5 Å². The number of hydrogen-bond acceptors (Lipinski definition) is 6. The predicted molar refractivity (Wildman–Crippen MR) is 127 cm³/mol. The molecule has 1 aromatic heterocycles. The van der Waals surface area contributed by atoms with Crippen molar-refractivity contribution in [3.8, 4) is 17.1 Å². The number of anilines is 1. The normalized spacial score (nSPS) is 16.7. The molecule has 0 N–H and O–H groups in total. The molecule has 0 spiro atoms. The number of ether oxygens (including phenoxy) is 3. The Kier molecular flexibility index (Phi) is 7.54. The van der Waals surface area contributed by atoms with Crippen LogP contribution in [-0.4, -0.2) is 48.5 Å². The second-order valence-corrected chi connectivity index (χ2v) is 10.1. The lowest BCUT2D eigenvalue weighted by atomic mass is 10.1. The average Bonchev–Trinajstić information content (AvgIpc) is 3.17. The Morgan fingerprint density at radius 3 is 2.58 bits per heavy atom. The van der Waals surface area contributed by atoms with Crippen molar-refractivity contribution in [1.82, 2.24) is 4.98 Å². The largest absolute Gasteiger partial charge is 0.460 e. The molecule has 0 radical (unpaired) electrons. The molecule has 0 saturated carbocycles. The topological polar surface area (TPSA) is 60.9 Å². The first-order valence-electron chi connectivity index (χ1n) is 11.0. The number of carbonyl (C=O) groups excluding carboxylic acids is 1. The van der Waals surface area contributed by atoms with Gasteiger partial charge in [0.1, 0.15) is 11.4 Å². The van der Waals surface area contributed by atoms with Gasteiger partial charge >= 0.3 is 5.97 Å². The molecule has 6 nitrogen and oxygen atoms in total. The molecule has 0 aliphatic carbocycles. The van der Waals surface area contributed by atoms with E-state index in [4.69, 9.17) is 25.8 Å². The van der Waals surface area contributed by atoms with Gasteiger partial charge in [-0.1, -0.05) is 17.7 Å². The number of halogens is 2. The first-order valence-corrected chi connectivity index (χ1v) is 11.4. The smallest absolute Gasteiger partial charge is 0.350 e. The van der Waals surface area contributed by atoms with E-state index in [0.29, 0.717) is 17.9 Å². The van der Waals surface area contributed by atoms with Crippen molar-refractivity contribution < 1.29 is 23.4 Å². The molecule has 0 unspecified atom stereocenters. The van der Waals surface area contributed by atoms with Gasteiger partial charge < -0.3 is 19.1 Å². The molecule has 3 rings (SSSR count). The van der Waals surface area contributed by atoms with Crippen LogP contribution in [0.1, 0.15) is 47.5 Å². The van der Waals surface area contributed by atoms with Crippen LogP contribution >= 0.6 is 11.6 Å². The summed E-state index contributed by atoms with van der Waals surface area (Å²) in [5, 5.41) is 0.0390. The third-order valence-corrected chi connectivity index (χ3v) is 5.63. The van der Waals surface area contributed by atoms with Gasteiger partial charge in [0, 0.05) is 31.0 Å². The fourth-order valence-electron chi connectivity index (χ4n) is 3.76. The number of aromatic nitrogens is 1. The standard InChI is InChI=1S/C25H32ClFN2O4/c1-24(2,3)33-23(30)25(4,5)32-22-14-18(29-11-7-8-17(29)15-31-6)13-21(28-22)16-9-10-19(26)20(27)12-16/h9-10,12-14,17H,7-8,11,15H2,1-6H3/t17-/m0/s1. The van der Waals surface area contributed by atoms with Crippen molar-refractivity contribution >= 4 is 23.3 Å². The number of rotatable bonds is 7. The zero-order valence-electron chi connectivity index (χ0n) is 20.1. The van der Waals surface area contributed by atoms with Crippen LogP contribution in [0.25, 0.3) is 11.3 Å². The van der Waals surface area contributed by atoms with Crippen LogP contribution in [0.15, 0.2) is 30.3 Å². The number of pyridine rings is 1. The monoisotopic (exact) mass is 478 g/mol. The van der Waals surface area contributed by atoms with Crippen LogP contribution in [0, 0.1) is 5.82 Å². The molecule has 2 heterocycles. The zero-order valence-corrected chi connectivity index (χ0v) is 20.8. The summed E-state index contributed by atoms with van der Waals surface area (Å²) >= 11 is 5.87. The minimum Gasteiger partial charge on any atom is -0.460 e. The first-order chi connectivity index (χ1) is 15.4. The summed E-state index contributed by atoms with van der Waals surface area (Å²) in [6, 6.07) is 8.44. The van der Waals surface area contributed by atoms with Crippen LogP contribution in [0.3, 0.4) is 0 Å². The highest BCUT2D eigenvalue weighted by atomic mass is 35.5. The Bertz CT molecular complexity index is 1010. The highest BCUT2D eigenvalue weighted by Crippen LogP contribution is 2.34. The Morgan fingerprint density at radius 1 is 1.21 bits per heavy atom. The van der Waals surface area contributed by atoms with E-state index < -0.39 is 23.0 Å². The van der Waals surface area contributed by atoms with Crippen LogP contribution < -0.4 is 9.64 Å². The molecule has 1 aromatic carbocycles. The number of esters is 1. The number of nitrogens with zero attached hydrogens (tertiary/aromatic N) is 2. The van der Waals surface area contributed by atoms with Crippen molar-refractivity contribution in [3.05, 3.63) is 41.2 Å². The summed E-state index contributed by atoms with van der Waals surface area (Å²) in [7, 11) is 1.68. The van der Waals surface area contributed by atoms with E-state index in [0.717, 1.165) is 25.1 Å². The predicted octanol–water partition coefficient (Wildman–Crippen LogP) is 5.66. The zero-order chi connectivity index (χ0) is 24.4.